The number of nitrogens with two attached hydrogens (primary N) is 1. The zero-order chi connectivity index (χ0) is 13.3. The van der Waals surface area contributed by atoms with Gasteiger partial charge in [-0.15, -0.1) is 0 Å². The molecular formula is C11H13F4NO. The first-order valence-electron chi connectivity index (χ1n) is 4.98. The lowest BCUT2D eigenvalue weighted by Crippen LogP contribution is -2.25. The molecule has 1 rings (SSSR count). The minimum atomic E-state index is -4.73. The number of halogens is 4. The van der Waals surface area contributed by atoms with Crippen molar-refractivity contribution in [3.8, 4) is 0 Å². The monoisotopic (exact) mass is 251 g/mol. The van der Waals surface area contributed by atoms with Gasteiger partial charge in [0.1, 0.15) is 5.82 Å². The summed E-state index contributed by atoms with van der Waals surface area (Å²) in [5.74, 6) is -1.40. The highest BCUT2D eigenvalue weighted by molar-refractivity contribution is 5.29. The summed E-state index contributed by atoms with van der Waals surface area (Å²) in [4.78, 5) is 0. The molecule has 1 aromatic carbocycles. The molecule has 1 atom stereocenters. The molecule has 0 amide bonds. The van der Waals surface area contributed by atoms with E-state index in [2.05, 4.69) is 0 Å². The molecule has 0 saturated heterocycles. The molecule has 0 fully saturated rings. The van der Waals surface area contributed by atoms with Crippen LogP contribution in [-0.2, 0) is 11.8 Å². The van der Waals surface area contributed by atoms with Crippen LogP contribution in [0.1, 0.15) is 24.5 Å². The lowest BCUT2D eigenvalue weighted by atomic mass is 9.91. The average Bonchev–Trinajstić information content (AvgIpc) is 2.15. The lowest BCUT2D eigenvalue weighted by molar-refractivity contribution is -0.140. The van der Waals surface area contributed by atoms with Crippen molar-refractivity contribution >= 4 is 0 Å². The van der Waals surface area contributed by atoms with Crippen LogP contribution < -0.4 is 5.73 Å². The highest BCUT2D eigenvalue weighted by atomic mass is 19.4. The standard InChI is InChI=1S/C11H13F4NO/c1-10(17,4-5-16)7-2-3-8(9(12)6-7)11(13,14)15/h2-3,6,17H,4-5,16H2,1H3. The van der Waals surface area contributed by atoms with E-state index in [1.165, 1.54) is 6.92 Å². The first-order chi connectivity index (χ1) is 7.68. The molecule has 0 radical (unpaired) electrons. The average molecular weight is 251 g/mol. The second-order valence-corrected chi connectivity index (χ2v) is 4.00. The Morgan fingerprint density at radius 1 is 1.29 bits per heavy atom. The summed E-state index contributed by atoms with van der Waals surface area (Å²) in [6.45, 7) is 1.53. The van der Waals surface area contributed by atoms with Gasteiger partial charge < -0.3 is 10.8 Å². The van der Waals surface area contributed by atoms with Crippen LogP contribution in [0.4, 0.5) is 17.6 Å². The van der Waals surface area contributed by atoms with Crippen molar-refractivity contribution in [1.29, 1.82) is 0 Å². The van der Waals surface area contributed by atoms with Crippen molar-refractivity contribution in [3.63, 3.8) is 0 Å². The van der Waals surface area contributed by atoms with Crippen LogP contribution in [-0.4, -0.2) is 11.7 Å². The summed E-state index contributed by atoms with van der Waals surface area (Å²) in [7, 11) is 0. The summed E-state index contributed by atoms with van der Waals surface area (Å²) in [6, 6.07) is 2.37. The Hall–Kier alpha value is -1.14. The molecule has 1 unspecified atom stereocenters. The van der Waals surface area contributed by atoms with Crippen LogP contribution in [0.2, 0.25) is 0 Å². The van der Waals surface area contributed by atoms with E-state index in [0.717, 1.165) is 6.07 Å². The second-order valence-electron chi connectivity index (χ2n) is 4.00. The summed E-state index contributed by atoms with van der Waals surface area (Å²) >= 11 is 0. The third kappa shape index (κ3) is 3.17. The van der Waals surface area contributed by atoms with Gasteiger partial charge in [0.2, 0.25) is 0 Å². The Labute approximate surface area is 96.1 Å². The number of alkyl halides is 3. The van der Waals surface area contributed by atoms with E-state index in [1.54, 1.807) is 0 Å². The first-order valence-corrected chi connectivity index (χ1v) is 4.98. The molecule has 3 N–H and O–H groups in total. The van der Waals surface area contributed by atoms with Gasteiger partial charge in [0, 0.05) is 0 Å². The highest BCUT2D eigenvalue weighted by Gasteiger charge is 2.35. The fourth-order valence-electron chi connectivity index (χ4n) is 1.51. The van der Waals surface area contributed by atoms with Gasteiger partial charge in [0.25, 0.3) is 0 Å². The van der Waals surface area contributed by atoms with Crippen molar-refractivity contribution in [1.82, 2.24) is 0 Å². The minimum absolute atomic E-state index is 0.0773. The van der Waals surface area contributed by atoms with E-state index in [1.807, 2.05) is 0 Å². The number of aliphatic hydroxyl groups is 1. The quantitative estimate of drug-likeness (QED) is 0.810. The molecule has 0 spiro atoms. The normalized spacial score (nSPS) is 15.7. The highest BCUT2D eigenvalue weighted by Crippen LogP contribution is 2.33. The van der Waals surface area contributed by atoms with Crippen LogP contribution in [0.25, 0.3) is 0 Å². The SMILES string of the molecule is CC(O)(CCN)c1ccc(C(F)(F)F)c(F)c1. The van der Waals surface area contributed by atoms with E-state index in [9.17, 15) is 22.7 Å². The number of rotatable bonds is 3. The summed E-state index contributed by atoms with van der Waals surface area (Å²) < 4.78 is 50.2. The molecule has 6 heteroatoms. The molecule has 0 aliphatic carbocycles. The molecule has 1 aromatic rings. The first kappa shape index (κ1) is 13.9. The Morgan fingerprint density at radius 2 is 1.88 bits per heavy atom. The molecule has 17 heavy (non-hydrogen) atoms. The molecule has 0 aliphatic heterocycles. The zero-order valence-corrected chi connectivity index (χ0v) is 9.18. The van der Waals surface area contributed by atoms with E-state index < -0.39 is 23.2 Å². The second kappa shape index (κ2) is 4.62. The molecule has 2 nitrogen and oxygen atoms in total. The lowest BCUT2D eigenvalue weighted by Gasteiger charge is -2.23. The molecular weight excluding hydrogens is 238 g/mol. The van der Waals surface area contributed by atoms with E-state index in [4.69, 9.17) is 5.73 Å². The summed E-state index contributed by atoms with van der Waals surface area (Å²) in [5, 5.41) is 9.88. The molecule has 0 aliphatic rings. The Bertz CT molecular complexity index is 401. The maximum atomic E-state index is 13.3. The largest absolute Gasteiger partial charge is 0.419 e. The van der Waals surface area contributed by atoms with Gasteiger partial charge in [0.15, 0.2) is 0 Å². The Balaban J connectivity index is 3.13. The van der Waals surface area contributed by atoms with Gasteiger partial charge in [0.05, 0.1) is 11.2 Å². The molecule has 0 saturated carbocycles. The maximum absolute atomic E-state index is 13.3. The van der Waals surface area contributed by atoms with Gasteiger partial charge in [-0.1, -0.05) is 6.07 Å². The summed E-state index contributed by atoms with van der Waals surface area (Å²) in [5.41, 5.74) is 2.56. The zero-order valence-electron chi connectivity index (χ0n) is 9.18. The van der Waals surface area contributed by atoms with Crippen LogP contribution in [0.15, 0.2) is 18.2 Å². The predicted molar refractivity (Wildman–Crippen MR) is 54.6 cm³/mol. The van der Waals surface area contributed by atoms with Gasteiger partial charge >= 0.3 is 6.18 Å². The smallest absolute Gasteiger partial charge is 0.385 e. The number of benzene rings is 1. The van der Waals surface area contributed by atoms with Crippen molar-refractivity contribution in [3.05, 3.63) is 35.1 Å². The third-order valence-corrected chi connectivity index (χ3v) is 2.53. The molecule has 0 heterocycles. The van der Waals surface area contributed by atoms with Crippen molar-refractivity contribution in [2.24, 2.45) is 5.73 Å². The molecule has 96 valence electrons. The number of hydrogen-bond donors (Lipinski definition) is 2. The fraction of sp³-hybridized carbons (Fsp3) is 0.455. The van der Waals surface area contributed by atoms with Crippen molar-refractivity contribution < 1.29 is 22.7 Å². The molecule has 0 bridgehead atoms. The van der Waals surface area contributed by atoms with Crippen LogP contribution in [0, 0.1) is 5.82 Å². The van der Waals surface area contributed by atoms with E-state index in [-0.39, 0.29) is 18.5 Å². The van der Waals surface area contributed by atoms with Gasteiger partial charge in [-0.05, 0) is 37.6 Å². The summed E-state index contributed by atoms with van der Waals surface area (Å²) in [6.07, 6.45) is -4.60. The van der Waals surface area contributed by atoms with Gasteiger partial charge in [-0.2, -0.15) is 13.2 Å². The molecule has 0 aromatic heterocycles. The topological polar surface area (TPSA) is 46.2 Å². The van der Waals surface area contributed by atoms with Gasteiger partial charge in [-0.3, -0.25) is 0 Å². The minimum Gasteiger partial charge on any atom is -0.385 e. The van der Waals surface area contributed by atoms with Crippen molar-refractivity contribution in [2.45, 2.75) is 25.1 Å². The number of hydrogen-bond acceptors (Lipinski definition) is 2. The fourth-order valence-corrected chi connectivity index (χ4v) is 1.51. The van der Waals surface area contributed by atoms with E-state index >= 15 is 0 Å². The Morgan fingerprint density at radius 3 is 2.29 bits per heavy atom. The predicted octanol–water partition coefficient (Wildman–Crippen LogP) is 2.40. The van der Waals surface area contributed by atoms with Gasteiger partial charge in [-0.25, -0.2) is 4.39 Å². The third-order valence-electron chi connectivity index (χ3n) is 2.53. The van der Waals surface area contributed by atoms with E-state index in [0.29, 0.717) is 12.1 Å². The van der Waals surface area contributed by atoms with Crippen LogP contribution in [0.5, 0.6) is 0 Å². The maximum Gasteiger partial charge on any atom is 0.419 e. The van der Waals surface area contributed by atoms with Crippen LogP contribution >= 0.6 is 0 Å². The Kier molecular flexibility index (Phi) is 3.78. The van der Waals surface area contributed by atoms with Crippen molar-refractivity contribution in [2.75, 3.05) is 6.54 Å². The van der Waals surface area contributed by atoms with Crippen LogP contribution in [0.3, 0.4) is 0 Å².